The molecule has 0 radical (unpaired) electrons. The van der Waals surface area contributed by atoms with Gasteiger partial charge in [-0.3, -0.25) is 4.99 Å². The van der Waals surface area contributed by atoms with Gasteiger partial charge in [-0.25, -0.2) is 0 Å². The van der Waals surface area contributed by atoms with Gasteiger partial charge in [0.05, 0.1) is 18.9 Å². The minimum Gasteiger partial charge on any atom is -0.491 e. The third-order valence-corrected chi connectivity index (χ3v) is 2.90. The largest absolute Gasteiger partial charge is 0.491 e. The highest BCUT2D eigenvalue weighted by Gasteiger charge is 2.10. The number of benzene rings is 2. The van der Waals surface area contributed by atoms with E-state index in [1.165, 1.54) is 10.8 Å². The molecule has 0 saturated heterocycles. The summed E-state index contributed by atoms with van der Waals surface area (Å²) in [6.45, 7) is 1.45. The molecular weight excluding hydrogens is 212 g/mol. The van der Waals surface area contributed by atoms with E-state index in [1.54, 1.807) is 6.34 Å². The maximum atomic E-state index is 5.76. The SMILES string of the molecule is C1=NCC(COc2ccc3ccccc3c2)N1. The van der Waals surface area contributed by atoms with Crippen LogP contribution in [0.15, 0.2) is 47.5 Å². The third kappa shape index (κ3) is 2.23. The molecule has 0 aromatic heterocycles. The first kappa shape index (κ1) is 10.1. The van der Waals surface area contributed by atoms with Crippen LogP contribution in [0.3, 0.4) is 0 Å². The van der Waals surface area contributed by atoms with Crippen LogP contribution in [-0.4, -0.2) is 25.5 Å². The fraction of sp³-hybridized carbons (Fsp3) is 0.214. The van der Waals surface area contributed by atoms with E-state index >= 15 is 0 Å². The smallest absolute Gasteiger partial charge is 0.120 e. The Morgan fingerprint density at radius 3 is 2.88 bits per heavy atom. The van der Waals surface area contributed by atoms with E-state index in [-0.39, 0.29) is 0 Å². The molecule has 2 aromatic carbocycles. The minimum absolute atomic E-state index is 0.307. The molecule has 1 N–H and O–H groups in total. The van der Waals surface area contributed by atoms with E-state index in [1.807, 2.05) is 18.2 Å². The predicted molar refractivity (Wildman–Crippen MR) is 69.7 cm³/mol. The number of hydrogen-bond acceptors (Lipinski definition) is 3. The molecule has 0 amide bonds. The van der Waals surface area contributed by atoms with E-state index in [0.29, 0.717) is 12.6 Å². The van der Waals surface area contributed by atoms with Crippen LogP contribution in [0.5, 0.6) is 5.75 Å². The average Bonchev–Trinajstić information content (AvgIpc) is 2.89. The van der Waals surface area contributed by atoms with Gasteiger partial charge in [-0.2, -0.15) is 0 Å². The summed E-state index contributed by atoms with van der Waals surface area (Å²) in [7, 11) is 0. The maximum absolute atomic E-state index is 5.76. The van der Waals surface area contributed by atoms with Crippen molar-refractivity contribution < 1.29 is 4.74 Å². The van der Waals surface area contributed by atoms with Crippen molar-refractivity contribution in [1.29, 1.82) is 0 Å². The fourth-order valence-electron chi connectivity index (χ4n) is 1.95. The highest BCUT2D eigenvalue weighted by atomic mass is 16.5. The van der Waals surface area contributed by atoms with Gasteiger partial charge in [0.1, 0.15) is 12.4 Å². The van der Waals surface area contributed by atoms with Crippen molar-refractivity contribution in [2.75, 3.05) is 13.2 Å². The molecule has 1 heterocycles. The van der Waals surface area contributed by atoms with Crippen LogP contribution in [0, 0.1) is 0 Å². The first-order chi connectivity index (χ1) is 8.42. The topological polar surface area (TPSA) is 33.6 Å². The van der Waals surface area contributed by atoms with Crippen LogP contribution in [0.4, 0.5) is 0 Å². The van der Waals surface area contributed by atoms with Crippen molar-refractivity contribution in [3.63, 3.8) is 0 Å². The standard InChI is InChI=1S/C14H14N2O/c1-2-4-12-7-14(6-5-11(12)3-1)17-9-13-8-15-10-16-13/h1-7,10,13H,8-9H2,(H,15,16). The first-order valence-corrected chi connectivity index (χ1v) is 5.78. The second-order valence-electron chi connectivity index (χ2n) is 4.18. The Morgan fingerprint density at radius 2 is 2.06 bits per heavy atom. The number of nitrogens with one attached hydrogen (secondary N) is 1. The van der Waals surface area contributed by atoms with E-state index in [2.05, 4.69) is 34.6 Å². The lowest BCUT2D eigenvalue weighted by atomic mass is 10.1. The Balaban J connectivity index is 1.72. The zero-order valence-corrected chi connectivity index (χ0v) is 9.47. The zero-order valence-electron chi connectivity index (χ0n) is 9.47. The van der Waals surface area contributed by atoms with E-state index in [9.17, 15) is 0 Å². The van der Waals surface area contributed by atoms with Crippen LogP contribution < -0.4 is 10.1 Å². The van der Waals surface area contributed by atoms with Crippen molar-refractivity contribution in [3.8, 4) is 5.75 Å². The Kier molecular flexibility index (Phi) is 2.66. The zero-order chi connectivity index (χ0) is 11.5. The van der Waals surface area contributed by atoms with Crippen LogP contribution in [0.25, 0.3) is 10.8 Å². The molecule has 17 heavy (non-hydrogen) atoms. The summed E-state index contributed by atoms with van der Waals surface area (Å²) in [5, 5.41) is 5.59. The number of fused-ring (bicyclic) bond motifs is 1. The second kappa shape index (κ2) is 4.45. The molecule has 0 spiro atoms. The molecule has 0 fully saturated rings. The quantitative estimate of drug-likeness (QED) is 0.870. The molecule has 2 aromatic rings. The molecule has 3 nitrogen and oxygen atoms in total. The van der Waals surface area contributed by atoms with Crippen molar-refractivity contribution >= 4 is 17.1 Å². The van der Waals surface area contributed by atoms with Gasteiger partial charge < -0.3 is 10.1 Å². The lowest BCUT2D eigenvalue weighted by molar-refractivity contribution is 0.286. The molecule has 0 saturated carbocycles. The Morgan fingerprint density at radius 1 is 1.18 bits per heavy atom. The summed E-state index contributed by atoms with van der Waals surface area (Å²) < 4.78 is 5.76. The summed E-state index contributed by atoms with van der Waals surface area (Å²) >= 11 is 0. The highest BCUT2D eigenvalue weighted by molar-refractivity contribution is 5.83. The number of aliphatic imine (C=N–C) groups is 1. The van der Waals surface area contributed by atoms with Crippen LogP contribution in [0.2, 0.25) is 0 Å². The Hall–Kier alpha value is -2.03. The van der Waals surface area contributed by atoms with Crippen LogP contribution in [-0.2, 0) is 0 Å². The van der Waals surface area contributed by atoms with Crippen LogP contribution in [0.1, 0.15) is 0 Å². The van der Waals surface area contributed by atoms with Gasteiger partial charge in [0.25, 0.3) is 0 Å². The Bertz CT molecular complexity index is 543. The molecule has 1 unspecified atom stereocenters. The number of nitrogens with zero attached hydrogens (tertiary/aromatic N) is 1. The first-order valence-electron chi connectivity index (χ1n) is 5.78. The summed E-state index contributed by atoms with van der Waals surface area (Å²) in [5.74, 6) is 0.914. The molecule has 3 rings (SSSR count). The molecule has 0 aliphatic carbocycles. The normalized spacial score (nSPS) is 18.2. The van der Waals surface area contributed by atoms with Gasteiger partial charge in [0, 0.05) is 0 Å². The van der Waals surface area contributed by atoms with Gasteiger partial charge >= 0.3 is 0 Å². The van der Waals surface area contributed by atoms with E-state index in [4.69, 9.17) is 4.74 Å². The predicted octanol–water partition coefficient (Wildman–Crippen LogP) is 2.22. The Labute approximate surface area is 100 Å². The average molecular weight is 226 g/mol. The van der Waals surface area contributed by atoms with Crippen molar-refractivity contribution in [2.24, 2.45) is 4.99 Å². The fourth-order valence-corrected chi connectivity index (χ4v) is 1.95. The van der Waals surface area contributed by atoms with Gasteiger partial charge in [-0.1, -0.05) is 30.3 Å². The summed E-state index contributed by atoms with van der Waals surface area (Å²) in [6.07, 6.45) is 1.74. The number of ether oxygens (including phenoxy) is 1. The van der Waals surface area contributed by atoms with Gasteiger partial charge in [0.15, 0.2) is 0 Å². The monoisotopic (exact) mass is 226 g/mol. The summed E-state index contributed by atoms with van der Waals surface area (Å²) in [5.41, 5.74) is 0. The second-order valence-corrected chi connectivity index (χ2v) is 4.18. The van der Waals surface area contributed by atoms with Gasteiger partial charge in [-0.15, -0.1) is 0 Å². The lowest BCUT2D eigenvalue weighted by Gasteiger charge is -2.12. The van der Waals surface area contributed by atoms with Crippen molar-refractivity contribution in [3.05, 3.63) is 42.5 Å². The molecule has 0 bridgehead atoms. The molecule has 1 aliphatic rings. The van der Waals surface area contributed by atoms with Crippen LogP contribution >= 0.6 is 0 Å². The minimum atomic E-state index is 0.307. The molecule has 1 aliphatic heterocycles. The molecule has 3 heteroatoms. The third-order valence-electron chi connectivity index (χ3n) is 2.90. The van der Waals surface area contributed by atoms with E-state index < -0.39 is 0 Å². The maximum Gasteiger partial charge on any atom is 0.120 e. The van der Waals surface area contributed by atoms with Crippen molar-refractivity contribution in [2.45, 2.75) is 6.04 Å². The number of hydrogen-bond donors (Lipinski definition) is 1. The number of rotatable bonds is 3. The summed E-state index contributed by atoms with van der Waals surface area (Å²) in [4.78, 5) is 4.11. The van der Waals surface area contributed by atoms with Crippen molar-refractivity contribution in [1.82, 2.24) is 5.32 Å². The van der Waals surface area contributed by atoms with Gasteiger partial charge in [0.2, 0.25) is 0 Å². The highest BCUT2D eigenvalue weighted by Crippen LogP contribution is 2.20. The van der Waals surface area contributed by atoms with Gasteiger partial charge in [-0.05, 0) is 22.9 Å². The molecule has 86 valence electrons. The summed E-state index contributed by atoms with van der Waals surface area (Å²) in [6, 6.07) is 14.8. The van der Waals surface area contributed by atoms with E-state index in [0.717, 1.165) is 12.3 Å². The molecule has 1 atom stereocenters. The molecular formula is C14H14N2O. The lowest BCUT2D eigenvalue weighted by Crippen LogP contribution is -2.31.